The van der Waals surface area contributed by atoms with Crippen molar-refractivity contribution in [2.24, 2.45) is 10.9 Å². The molecule has 0 spiro atoms. The first kappa shape index (κ1) is 19.7. The number of hydrogen-bond donors (Lipinski definition) is 2. The van der Waals surface area contributed by atoms with Gasteiger partial charge in [-0.2, -0.15) is 0 Å². The third kappa shape index (κ3) is 4.38. The summed E-state index contributed by atoms with van der Waals surface area (Å²) in [7, 11) is 0. The zero-order chi connectivity index (χ0) is 20.4. The number of nitrogens with one attached hydrogen (secondary N) is 1. The Labute approximate surface area is 174 Å². The molecule has 6 nitrogen and oxygen atoms in total. The molecule has 4 rings (SSSR count). The molecule has 1 aliphatic carbocycles. The van der Waals surface area contributed by atoms with Crippen LogP contribution in [0, 0.1) is 5.92 Å². The van der Waals surface area contributed by atoms with E-state index in [0.29, 0.717) is 31.1 Å². The van der Waals surface area contributed by atoms with Crippen LogP contribution < -0.4 is 10.1 Å². The Balaban J connectivity index is 1.29. The van der Waals surface area contributed by atoms with E-state index < -0.39 is 5.97 Å². The van der Waals surface area contributed by atoms with E-state index in [9.17, 15) is 4.79 Å². The van der Waals surface area contributed by atoms with E-state index in [4.69, 9.17) is 31.2 Å². The highest BCUT2D eigenvalue weighted by molar-refractivity contribution is 6.34. The minimum atomic E-state index is -0.738. The molecule has 1 atom stereocenters. The third-order valence-electron chi connectivity index (χ3n) is 5.34. The summed E-state index contributed by atoms with van der Waals surface area (Å²) in [4.78, 5) is 15.5. The molecule has 0 radical (unpaired) electrons. The zero-order valence-corrected chi connectivity index (χ0v) is 16.9. The second-order valence-electron chi connectivity index (χ2n) is 7.35. The first-order chi connectivity index (χ1) is 14.0. The van der Waals surface area contributed by atoms with E-state index >= 15 is 0 Å². The standard InChI is InChI=1S/C22H23ClN2O4/c1-13-18-3-2-4-19(23)20(18)25-21(24-13)14-5-7-16(8-6-14)28-9-10-29-17-11-15(12-17)22(26)27/h2-8,13,15,17H,9-12H2,1H3,(H,24,25)(H,26,27). The number of aliphatic imine (C=N–C) groups is 1. The quantitative estimate of drug-likeness (QED) is 0.650. The van der Waals surface area contributed by atoms with Gasteiger partial charge in [0.05, 0.1) is 35.4 Å². The lowest BCUT2D eigenvalue weighted by Crippen LogP contribution is -2.36. The van der Waals surface area contributed by atoms with E-state index in [2.05, 4.69) is 5.32 Å². The molecule has 29 heavy (non-hydrogen) atoms. The van der Waals surface area contributed by atoms with Gasteiger partial charge in [-0.25, -0.2) is 0 Å². The number of benzene rings is 2. The Morgan fingerprint density at radius 1 is 1.21 bits per heavy atom. The van der Waals surface area contributed by atoms with E-state index in [0.717, 1.165) is 28.4 Å². The minimum Gasteiger partial charge on any atom is -0.491 e. The molecule has 1 heterocycles. The molecule has 152 valence electrons. The molecule has 0 aromatic heterocycles. The summed E-state index contributed by atoms with van der Waals surface area (Å²) in [5.74, 6) is 0.538. The first-order valence-electron chi connectivity index (χ1n) is 9.72. The SMILES string of the molecule is CC1N=C(c2ccc(OCCOC3CC(C(=O)O)C3)cc2)Nc2c(Cl)cccc21. The first-order valence-corrected chi connectivity index (χ1v) is 10.1. The second-order valence-corrected chi connectivity index (χ2v) is 7.76. The van der Waals surface area contributed by atoms with Crippen LogP contribution in [0.5, 0.6) is 5.75 Å². The molecule has 1 aliphatic heterocycles. The lowest BCUT2D eigenvalue weighted by Gasteiger charge is -2.31. The fourth-order valence-electron chi connectivity index (χ4n) is 3.57. The normalized spacial score (nSPS) is 22.7. The van der Waals surface area contributed by atoms with Gasteiger partial charge in [0.2, 0.25) is 0 Å². The maximum atomic E-state index is 10.8. The number of amidine groups is 1. The number of hydrogen-bond acceptors (Lipinski definition) is 5. The molecule has 0 amide bonds. The van der Waals surface area contributed by atoms with Gasteiger partial charge >= 0.3 is 5.97 Å². The molecule has 0 saturated heterocycles. The van der Waals surface area contributed by atoms with Crippen molar-refractivity contribution in [3.8, 4) is 5.75 Å². The van der Waals surface area contributed by atoms with Crippen LogP contribution in [0.4, 0.5) is 5.69 Å². The van der Waals surface area contributed by atoms with Crippen LogP contribution >= 0.6 is 11.6 Å². The topological polar surface area (TPSA) is 80.2 Å². The van der Waals surface area contributed by atoms with E-state index in [-0.39, 0.29) is 18.1 Å². The number of ether oxygens (including phenoxy) is 2. The average molecular weight is 415 g/mol. The Kier molecular flexibility index (Phi) is 5.74. The second kappa shape index (κ2) is 8.43. The van der Waals surface area contributed by atoms with Gasteiger partial charge in [-0.05, 0) is 50.1 Å². The van der Waals surface area contributed by atoms with Crippen LogP contribution in [-0.4, -0.2) is 36.2 Å². The third-order valence-corrected chi connectivity index (χ3v) is 5.65. The summed E-state index contributed by atoms with van der Waals surface area (Å²) in [6.45, 7) is 2.92. The van der Waals surface area contributed by atoms with Crippen LogP contribution in [0.25, 0.3) is 0 Å². The van der Waals surface area contributed by atoms with Crippen LogP contribution in [0.3, 0.4) is 0 Å². The molecule has 7 heteroatoms. The predicted octanol–water partition coefficient (Wildman–Crippen LogP) is 4.53. The van der Waals surface area contributed by atoms with Crippen molar-refractivity contribution in [3.63, 3.8) is 0 Å². The van der Waals surface area contributed by atoms with Crippen LogP contribution in [0.15, 0.2) is 47.5 Å². The Morgan fingerprint density at radius 3 is 2.69 bits per heavy atom. The average Bonchev–Trinajstić information content (AvgIpc) is 2.67. The molecule has 2 aromatic carbocycles. The summed E-state index contributed by atoms with van der Waals surface area (Å²) in [6.07, 6.45) is 1.21. The number of carboxylic acid groups (broad SMARTS) is 1. The Bertz CT molecular complexity index is 923. The number of carboxylic acids is 1. The van der Waals surface area contributed by atoms with E-state index in [1.165, 1.54) is 0 Å². The van der Waals surface area contributed by atoms with Crippen molar-refractivity contribution in [1.82, 2.24) is 0 Å². The summed E-state index contributed by atoms with van der Waals surface area (Å²) in [6, 6.07) is 13.6. The molecular formula is C22H23ClN2O4. The number of halogens is 1. The number of anilines is 1. The minimum absolute atomic E-state index is 0.0280. The van der Waals surface area contributed by atoms with E-state index in [1.807, 2.05) is 49.4 Å². The summed E-state index contributed by atoms with van der Waals surface area (Å²) in [5, 5.41) is 12.9. The number of para-hydroxylation sites is 1. The van der Waals surface area contributed by atoms with Crippen molar-refractivity contribution in [1.29, 1.82) is 0 Å². The molecule has 2 aliphatic rings. The predicted molar refractivity (Wildman–Crippen MR) is 112 cm³/mol. The molecule has 2 N–H and O–H groups in total. The molecule has 1 unspecified atom stereocenters. The fourth-order valence-corrected chi connectivity index (χ4v) is 3.80. The van der Waals surface area contributed by atoms with Crippen molar-refractivity contribution in [2.75, 3.05) is 18.5 Å². The highest BCUT2D eigenvalue weighted by Crippen LogP contribution is 2.36. The van der Waals surface area contributed by atoms with Gasteiger partial charge in [0.15, 0.2) is 0 Å². The van der Waals surface area contributed by atoms with Crippen LogP contribution in [0.2, 0.25) is 5.02 Å². The van der Waals surface area contributed by atoms with Crippen LogP contribution in [-0.2, 0) is 9.53 Å². The van der Waals surface area contributed by atoms with Gasteiger partial charge in [0.25, 0.3) is 0 Å². The van der Waals surface area contributed by atoms with Gasteiger partial charge < -0.3 is 19.9 Å². The number of fused-ring (bicyclic) bond motifs is 1. The highest BCUT2D eigenvalue weighted by atomic mass is 35.5. The smallest absolute Gasteiger partial charge is 0.306 e. The zero-order valence-electron chi connectivity index (χ0n) is 16.1. The fraction of sp³-hybridized carbons (Fsp3) is 0.364. The van der Waals surface area contributed by atoms with Gasteiger partial charge in [0, 0.05) is 11.1 Å². The summed E-state index contributed by atoms with van der Waals surface area (Å²) < 4.78 is 11.3. The number of aliphatic carboxylic acids is 1. The van der Waals surface area contributed by atoms with Crippen molar-refractivity contribution < 1.29 is 19.4 Å². The van der Waals surface area contributed by atoms with Crippen molar-refractivity contribution in [3.05, 3.63) is 58.6 Å². The lowest BCUT2D eigenvalue weighted by molar-refractivity contribution is -0.151. The maximum Gasteiger partial charge on any atom is 0.306 e. The Hall–Kier alpha value is -2.57. The molecule has 2 aromatic rings. The number of rotatable bonds is 7. The Morgan fingerprint density at radius 2 is 1.97 bits per heavy atom. The van der Waals surface area contributed by atoms with Crippen molar-refractivity contribution in [2.45, 2.75) is 31.9 Å². The molecular weight excluding hydrogens is 392 g/mol. The summed E-state index contributed by atoms with van der Waals surface area (Å²) >= 11 is 6.34. The number of nitrogens with zero attached hydrogens (tertiary/aromatic N) is 1. The monoisotopic (exact) mass is 414 g/mol. The van der Waals surface area contributed by atoms with E-state index in [1.54, 1.807) is 0 Å². The molecule has 1 saturated carbocycles. The summed E-state index contributed by atoms with van der Waals surface area (Å²) in [5.41, 5.74) is 2.95. The lowest BCUT2D eigenvalue weighted by atomic mass is 9.82. The van der Waals surface area contributed by atoms with Gasteiger partial charge in [-0.3, -0.25) is 9.79 Å². The molecule has 1 fully saturated rings. The number of carbonyl (C=O) groups is 1. The van der Waals surface area contributed by atoms with Crippen LogP contribution in [0.1, 0.15) is 36.9 Å². The molecule has 0 bridgehead atoms. The van der Waals surface area contributed by atoms with Gasteiger partial charge in [0.1, 0.15) is 18.2 Å². The van der Waals surface area contributed by atoms with Gasteiger partial charge in [-0.15, -0.1) is 0 Å². The largest absolute Gasteiger partial charge is 0.491 e. The van der Waals surface area contributed by atoms with Gasteiger partial charge in [-0.1, -0.05) is 23.7 Å². The highest BCUT2D eigenvalue weighted by Gasteiger charge is 2.34. The van der Waals surface area contributed by atoms with Crippen molar-refractivity contribution >= 4 is 29.1 Å². The maximum absolute atomic E-state index is 10.8.